The molecule has 0 aliphatic carbocycles. The molecule has 0 saturated carbocycles. The molecule has 0 bridgehead atoms. The Morgan fingerprint density at radius 3 is 2.52 bits per heavy atom. The van der Waals surface area contributed by atoms with Crippen LogP contribution in [0.25, 0.3) is 0 Å². The van der Waals surface area contributed by atoms with Crippen LogP contribution in [0.1, 0.15) is 33.3 Å². The van der Waals surface area contributed by atoms with E-state index < -0.39 is 5.60 Å². The minimum atomic E-state index is -0.878. The molecule has 1 unspecified atom stereocenters. The molecule has 9 nitrogen and oxygen atoms in total. The third kappa shape index (κ3) is 9.99. The average Bonchev–Trinajstić information content (AvgIpc) is 2.71. The lowest BCUT2D eigenvalue weighted by atomic mass is 10.1. The number of nitrogens with zero attached hydrogens (tertiary/aromatic N) is 2. The van der Waals surface area contributed by atoms with Crippen LogP contribution in [-0.2, 0) is 11.3 Å². The lowest BCUT2D eigenvalue weighted by Crippen LogP contribution is -2.52. The maximum absolute atomic E-state index is 11.8. The normalized spacial score (nSPS) is 17.2. The molecule has 1 fully saturated rings. The molecule has 0 radical (unpaired) electrons. The van der Waals surface area contributed by atoms with E-state index in [4.69, 9.17) is 4.74 Å². The Hall–Kier alpha value is -2.36. The summed E-state index contributed by atoms with van der Waals surface area (Å²) in [7, 11) is 0. The van der Waals surface area contributed by atoms with Crippen molar-refractivity contribution in [3.05, 3.63) is 29.8 Å². The molecule has 1 heterocycles. The second-order valence-corrected chi connectivity index (χ2v) is 8.38. The van der Waals surface area contributed by atoms with Crippen LogP contribution < -0.4 is 21.3 Å². The van der Waals surface area contributed by atoms with Gasteiger partial charge in [-0.15, -0.1) is 0 Å². The number of rotatable bonds is 9. The predicted octanol–water partition coefficient (Wildman–Crippen LogP) is 1.35. The Kier molecular flexibility index (Phi) is 10.0. The molecule has 1 aliphatic heterocycles. The Labute approximate surface area is 185 Å². The molecular weight excluding hydrogens is 396 g/mol. The lowest BCUT2D eigenvalue weighted by Gasteiger charge is -2.34. The molecule has 174 valence electrons. The van der Waals surface area contributed by atoms with E-state index in [0.717, 1.165) is 30.9 Å². The van der Waals surface area contributed by atoms with Crippen molar-refractivity contribution in [1.29, 1.82) is 0 Å². The first kappa shape index (κ1) is 24.9. The van der Waals surface area contributed by atoms with Gasteiger partial charge in [0.1, 0.15) is 0 Å². The van der Waals surface area contributed by atoms with Gasteiger partial charge in [0.25, 0.3) is 0 Å². The van der Waals surface area contributed by atoms with E-state index in [0.29, 0.717) is 38.8 Å². The minimum Gasteiger partial charge on any atom is -0.387 e. The highest BCUT2D eigenvalue weighted by atomic mass is 16.5. The number of carbonyl (C=O) groups excluding carboxylic acids is 1. The number of nitrogens with one attached hydrogen (secondary N) is 4. The van der Waals surface area contributed by atoms with Crippen molar-refractivity contribution in [2.24, 2.45) is 4.99 Å². The van der Waals surface area contributed by atoms with E-state index in [9.17, 15) is 9.90 Å². The van der Waals surface area contributed by atoms with Crippen molar-refractivity contribution in [1.82, 2.24) is 20.9 Å². The Bertz CT molecular complexity index is 700. The fraction of sp³-hybridized carbons (Fsp3) is 0.636. The predicted molar refractivity (Wildman–Crippen MR) is 124 cm³/mol. The maximum atomic E-state index is 11.8. The van der Waals surface area contributed by atoms with E-state index in [2.05, 4.69) is 31.2 Å². The molecule has 2 amide bonds. The number of aliphatic imine (C=N–C) groups is 1. The Morgan fingerprint density at radius 2 is 1.90 bits per heavy atom. The summed E-state index contributed by atoms with van der Waals surface area (Å²) in [6, 6.07) is 7.46. The van der Waals surface area contributed by atoms with Crippen LogP contribution in [0.2, 0.25) is 0 Å². The third-order valence-electron chi connectivity index (χ3n) is 4.70. The number of β-amino-alcohol motifs (C(OH)–C–C–N with tert-alkyl or cyclic N) is 1. The number of benzene rings is 1. The van der Waals surface area contributed by atoms with Gasteiger partial charge in [0, 0.05) is 44.5 Å². The van der Waals surface area contributed by atoms with Gasteiger partial charge in [-0.3, -0.25) is 4.90 Å². The van der Waals surface area contributed by atoms with Crippen molar-refractivity contribution in [3.63, 3.8) is 0 Å². The summed E-state index contributed by atoms with van der Waals surface area (Å²) in [6.07, 6.45) is 0. The fourth-order valence-corrected chi connectivity index (χ4v) is 3.21. The number of amides is 2. The molecule has 1 atom stereocenters. The number of hydrogen-bond acceptors (Lipinski definition) is 5. The zero-order chi connectivity index (χ0) is 22.7. The number of morpholine rings is 1. The summed E-state index contributed by atoms with van der Waals surface area (Å²) in [5, 5.41) is 22.8. The monoisotopic (exact) mass is 434 g/mol. The molecule has 1 aromatic rings. The number of guanidine groups is 1. The van der Waals surface area contributed by atoms with Gasteiger partial charge >= 0.3 is 6.03 Å². The lowest BCUT2D eigenvalue weighted by molar-refractivity contribution is -0.0201. The van der Waals surface area contributed by atoms with Crippen molar-refractivity contribution < 1.29 is 14.6 Å². The molecule has 0 aromatic heterocycles. The van der Waals surface area contributed by atoms with Crippen LogP contribution in [0.3, 0.4) is 0 Å². The first-order chi connectivity index (χ1) is 14.8. The van der Waals surface area contributed by atoms with Crippen molar-refractivity contribution in [2.45, 2.75) is 45.9 Å². The maximum Gasteiger partial charge on any atom is 0.319 e. The van der Waals surface area contributed by atoms with E-state index in [1.807, 2.05) is 52.0 Å². The summed E-state index contributed by atoms with van der Waals surface area (Å²) >= 11 is 0. The SMILES string of the molecule is CCNC(=NCc1ccc(NC(=O)NC(C)C)cc1)NCC(C)(O)CN1CCOCC1. The topological polar surface area (TPSA) is 110 Å². The van der Waals surface area contributed by atoms with Gasteiger partial charge < -0.3 is 31.1 Å². The fourth-order valence-electron chi connectivity index (χ4n) is 3.21. The molecular formula is C22H38N6O3. The number of ether oxygens (including phenoxy) is 1. The first-order valence-electron chi connectivity index (χ1n) is 11.0. The highest BCUT2D eigenvalue weighted by Crippen LogP contribution is 2.11. The van der Waals surface area contributed by atoms with Crippen molar-refractivity contribution in [2.75, 3.05) is 51.3 Å². The molecule has 1 saturated heterocycles. The standard InChI is InChI=1S/C22H38N6O3/c1-5-23-20(25-15-22(4,30)16-28-10-12-31-13-11-28)24-14-18-6-8-19(9-7-18)27-21(29)26-17(2)3/h6-9,17,30H,5,10-16H2,1-4H3,(H2,23,24,25)(H2,26,27,29). The van der Waals surface area contributed by atoms with Gasteiger partial charge in [-0.25, -0.2) is 9.79 Å². The van der Waals surface area contributed by atoms with Crippen LogP contribution in [0.5, 0.6) is 0 Å². The molecule has 1 aromatic carbocycles. The number of aliphatic hydroxyl groups is 1. The van der Waals surface area contributed by atoms with E-state index in [-0.39, 0.29) is 12.1 Å². The van der Waals surface area contributed by atoms with Crippen molar-refractivity contribution >= 4 is 17.7 Å². The zero-order valence-electron chi connectivity index (χ0n) is 19.2. The van der Waals surface area contributed by atoms with Crippen LogP contribution in [-0.4, -0.2) is 79.6 Å². The van der Waals surface area contributed by atoms with E-state index in [1.54, 1.807) is 0 Å². The number of carbonyl (C=O) groups is 1. The van der Waals surface area contributed by atoms with Gasteiger partial charge in [0.15, 0.2) is 5.96 Å². The van der Waals surface area contributed by atoms with Crippen LogP contribution >= 0.6 is 0 Å². The van der Waals surface area contributed by atoms with Gasteiger partial charge in [0.05, 0.1) is 25.4 Å². The second-order valence-electron chi connectivity index (χ2n) is 8.38. The summed E-state index contributed by atoms with van der Waals surface area (Å²) in [5.74, 6) is 0.656. The number of urea groups is 1. The second kappa shape index (κ2) is 12.5. The van der Waals surface area contributed by atoms with Gasteiger partial charge in [-0.05, 0) is 45.4 Å². The summed E-state index contributed by atoms with van der Waals surface area (Å²) in [6.45, 7) is 13.0. The molecule has 31 heavy (non-hydrogen) atoms. The molecule has 9 heteroatoms. The molecule has 0 spiro atoms. The highest BCUT2D eigenvalue weighted by molar-refractivity contribution is 5.89. The Balaban J connectivity index is 1.86. The third-order valence-corrected chi connectivity index (χ3v) is 4.70. The summed E-state index contributed by atoms with van der Waals surface area (Å²) in [5.41, 5.74) is 0.874. The number of anilines is 1. The van der Waals surface area contributed by atoms with Gasteiger partial charge in [-0.1, -0.05) is 12.1 Å². The largest absolute Gasteiger partial charge is 0.387 e. The minimum absolute atomic E-state index is 0.0836. The zero-order valence-corrected chi connectivity index (χ0v) is 19.2. The van der Waals surface area contributed by atoms with Crippen LogP contribution in [0.15, 0.2) is 29.3 Å². The smallest absolute Gasteiger partial charge is 0.319 e. The van der Waals surface area contributed by atoms with Gasteiger partial charge in [0.2, 0.25) is 0 Å². The van der Waals surface area contributed by atoms with Gasteiger partial charge in [-0.2, -0.15) is 0 Å². The quantitative estimate of drug-likeness (QED) is 0.297. The van der Waals surface area contributed by atoms with E-state index >= 15 is 0 Å². The summed E-state index contributed by atoms with van der Waals surface area (Å²) in [4.78, 5) is 18.6. The molecule has 2 rings (SSSR count). The summed E-state index contributed by atoms with van der Waals surface area (Å²) < 4.78 is 5.37. The van der Waals surface area contributed by atoms with Crippen LogP contribution in [0, 0.1) is 0 Å². The average molecular weight is 435 g/mol. The van der Waals surface area contributed by atoms with Crippen molar-refractivity contribution in [3.8, 4) is 0 Å². The molecule has 1 aliphatic rings. The highest BCUT2D eigenvalue weighted by Gasteiger charge is 2.25. The van der Waals surface area contributed by atoms with E-state index in [1.165, 1.54) is 0 Å². The Morgan fingerprint density at radius 1 is 1.23 bits per heavy atom. The molecule has 5 N–H and O–H groups in total. The first-order valence-corrected chi connectivity index (χ1v) is 11.0. The van der Waals surface area contributed by atoms with Crippen LogP contribution in [0.4, 0.5) is 10.5 Å². The number of hydrogen-bond donors (Lipinski definition) is 5.